The molecule has 146 valence electrons. The second kappa shape index (κ2) is 7.56. The maximum atomic E-state index is 12.9. The largest absolute Gasteiger partial charge is 0.436 e. The van der Waals surface area contributed by atoms with E-state index in [9.17, 15) is 18.3 Å². The summed E-state index contributed by atoms with van der Waals surface area (Å²) in [5.41, 5.74) is 1.20. The number of halogens is 3. The summed E-state index contributed by atoms with van der Waals surface area (Å²) in [6.45, 7) is 0. The predicted octanol–water partition coefficient (Wildman–Crippen LogP) is 6.11. The van der Waals surface area contributed by atoms with Crippen molar-refractivity contribution in [3.05, 3.63) is 102 Å². The third kappa shape index (κ3) is 3.93. The van der Waals surface area contributed by atoms with E-state index in [-0.39, 0.29) is 17.3 Å². The quantitative estimate of drug-likeness (QED) is 0.454. The van der Waals surface area contributed by atoms with Crippen molar-refractivity contribution in [2.24, 2.45) is 0 Å². The van der Waals surface area contributed by atoms with Gasteiger partial charge in [0.05, 0.1) is 5.56 Å². The van der Waals surface area contributed by atoms with Crippen molar-refractivity contribution in [2.45, 2.75) is 12.3 Å². The van der Waals surface area contributed by atoms with Crippen molar-refractivity contribution in [3.8, 4) is 22.8 Å². The minimum absolute atomic E-state index is 0.230. The molecule has 0 aliphatic heterocycles. The SMILES string of the molecule is OC(c1ccccc1)c1nc(-c2ccccc2)oc1-c1ccc(C(F)(F)F)cc1. The van der Waals surface area contributed by atoms with Crippen LogP contribution in [-0.4, -0.2) is 10.1 Å². The maximum Gasteiger partial charge on any atom is 0.416 e. The highest BCUT2D eigenvalue weighted by Gasteiger charge is 2.31. The van der Waals surface area contributed by atoms with Crippen LogP contribution in [0.5, 0.6) is 0 Å². The summed E-state index contributed by atoms with van der Waals surface area (Å²) in [6, 6.07) is 22.6. The van der Waals surface area contributed by atoms with Crippen molar-refractivity contribution in [1.82, 2.24) is 4.98 Å². The topological polar surface area (TPSA) is 46.3 Å². The van der Waals surface area contributed by atoms with Gasteiger partial charge < -0.3 is 9.52 Å². The van der Waals surface area contributed by atoms with E-state index >= 15 is 0 Å². The average molecular weight is 395 g/mol. The number of aliphatic hydroxyl groups is 1. The Morgan fingerprint density at radius 2 is 1.34 bits per heavy atom. The summed E-state index contributed by atoms with van der Waals surface area (Å²) in [6.07, 6.45) is -5.52. The van der Waals surface area contributed by atoms with Gasteiger partial charge in [-0.1, -0.05) is 60.7 Å². The molecule has 1 N–H and O–H groups in total. The Morgan fingerprint density at radius 1 is 0.759 bits per heavy atom. The monoisotopic (exact) mass is 395 g/mol. The number of rotatable bonds is 4. The number of alkyl halides is 3. The summed E-state index contributed by atoms with van der Waals surface area (Å²) in [5, 5.41) is 10.9. The summed E-state index contributed by atoms with van der Waals surface area (Å²) < 4.78 is 44.6. The van der Waals surface area contributed by atoms with Crippen molar-refractivity contribution >= 4 is 0 Å². The zero-order valence-electron chi connectivity index (χ0n) is 15.1. The first-order valence-corrected chi connectivity index (χ1v) is 8.90. The Bertz CT molecular complexity index is 1090. The van der Waals surface area contributed by atoms with E-state index in [1.807, 2.05) is 24.3 Å². The third-order valence-electron chi connectivity index (χ3n) is 4.52. The van der Waals surface area contributed by atoms with Gasteiger partial charge in [-0.15, -0.1) is 0 Å². The van der Waals surface area contributed by atoms with Crippen molar-refractivity contribution in [1.29, 1.82) is 0 Å². The molecule has 1 atom stereocenters. The Hall–Kier alpha value is -3.38. The van der Waals surface area contributed by atoms with Crippen molar-refractivity contribution in [2.75, 3.05) is 0 Å². The first-order chi connectivity index (χ1) is 13.9. The van der Waals surface area contributed by atoms with E-state index in [2.05, 4.69) is 4.98 Å². The van der Waals surface area contributed by atoms with Crippen LogP contribution < -0.4 is 0 Å². The molecule has 6 heteroatoms. The van der Waals surface area contributed by atoms with E-state index < -0.39 is 17.8 Å². The lowest BCUT2D eigenvalue weighted by molar-refractivity contribution is -0.137. The molecule has 0 aliphatic rings. The van der Waals surface area contributed by atoms with E-state index in [0.29, 0.717) is 16.7 Å². The third-order valence-corrected chi connectivity index (χ3v) is 4.52. The number of hydrogen-bond donors (Lipinski definition) is 1. The fourth-order valence-corrected chi connectivity index (χ4v) is 3.03. The lowest BCUT2D eigenvalue weighted by Gasteiger charge is -2.10. The fourth-order valence-electron chi connectivity index (χ4n) is 3.03. The van der Waals surface area contributed by atoms with Gasteiger partial charge in [0.1, 0.15) is 11.8 Å². The van der Waals surface area contributed by atoms with Gasteiger partial charge in [0, 0.05) is 11.1 Å². The highest BCUT2D eigenvalue weighted by atomic mass is 19.4. The molecular formula is C23H16F3NO2. The predicted molar refractivity (Wildman–Crippen MR) is 103 cm³/mol. The number of aromatic nitrogens is 1. The standard InChI is InChI=1S/C23H16F3NO2/c24-23(25,26)18-13-11-16(12-14-18)21-19(20(28)15-7-3-1-4-8-15)27-22(29-21)17-9-5-2-6-10-17/h1-14,20,28H. The summed E-state index contributed by atoms with van der Waals surface area (Å²) >= 11 is 0. The van der Waals surface area contributed by atoms with E-state index in [4.69, 9.17) is 4.42 Å². The van der Waals surface area contributed by atoms with Crippen molar-refractivity contribution < 1.29 is 22.7 Å². The molecular weight excluding hydrogens is 379 g/mol. The second-order valence-electron chi connectivity index (χ2n) is 6.49. The number of hydrogen-bond acceptors (Lipinski definition) is 3. The van der Waals surface area contributed by atoms with E-state index in [1.54, 1.807) is 36.4 Å². The second-order valence-corrected chi connectivity index (χ2v) is 6.49. The smallest absolute Gasteiger partial charge is 0.416 e. The van der Waals surface area contributed by atoms with Crippen molar-refractivity contribution in [3.63, 3.8) is 0 Å². The zero-order valence-corrected chi connectivity index (χ0v) is 15.1. The molecule has 3 nitrogen and oxygen atoms in total. The number of oxazole rings is 1. The molecule has 1 aromatic heterocycles. The van der Waals surface area contributed by atoms with Gasteiger partial charge in [-0.05, 0) is 29.8 Å². The van der Waals surface area contributed by atoms with Crippen LogP contribution in [0, 0.1) is 0 Å². The van der Waals surface area contributed by atoms with Crippen LogP contribution in [0.3, 0.4) is 0 Å². The van der Waals surface area contributed by atoms with Gasteiger partial charge in [-0.25, -0.2) is 4.98 Å². The molecule has 4 rings (SSSR count). The van der Waals surface area contributed by atoms with Gasteiger partial charge in [-0.3, -0.25) is 0 Å². The molecule has 0 bridgehead atoms. The first-order valence-electron chi connectivity index (χ1n) is 8.90. The molecule has 0 saturated heterocycles. The highest BCUT2D eigenvalue weighted by molar-refractivity contribution is 5.65. The first kappa shape index (κ1) is 19.0. The van der Waals surface area contributed by atoms with Gasteiger partial charge in [0.25, 0.3) is 0 Å². The molecule has 29 heavy (non-hydrogen) atoms. The maximum absolute atomic E-state index is 12.9. The minimum atomic E-state index is -4.43. The molecule has 0 spiro atoms. The molecule has 0 saturated carbocycles. The Kier molecular flexibility index (Phi) is 4.94. The van der Waals surface area contributed by atoms with E-state index in [1.165, 1.54) is 12.1 Å². The van der Waals surface area contributed by atoms with Gasteiger partial charge >= 0.3 is 6.18 Å². The Balaban J connectivity index is 1.82. The zero-order chi connectivity index (χ0) is 20.4. The summed E-state index contributed by atoms with van der Waals surface area (Å²) in [4.78, 5) is 4.47. The average Bonchev–Trinajstić information content (AvgIpc) is 3.19. The fraction of sp³-hybridized carbons (Fsp3) is 0.0870. The van der Waals surface area contributed by atoms with Gasteiger partial charge in [0.15, 0.2) is 5.76 Å². The normalized spacial score (nSPS) is 12.7. The summed E-state index contributed by atoms with van der Waals surface area (Å²) in [7, 11) is 0. The lowest BCUT2D eigenvalue weighted by Crippen LogP contribution is -2.04. The lowest BCUT2D eigenvalue weighted by atomic mass is 10.0. The Labute approximate surface area is 165 Å². The van der Waals surface area contributed by atoms with Crippen LogP contribution in [-0.2, 0) is 6.18 Å². The highest BCUT2D eigenvalue weighted by Crippen LogP contribution is 2.37. The summed E-state index contributed by atoms with van der Waals surface area (Å²) in [5.74, 6) is 0.513. The van der Waals surface area contributed by atoms with Crippen LogP contribution in [0.25, 0.3) is 22.8 Å². The molecule has 0 aliphatic carbocycles. The van der Waals surface area contributed by atoms with Crippen LogP contribution in [0.15, 0.2) is 89.3 Å². The van der Waals surface area contributed by atoms with Crippen LogP contribution >= 0.6 is 0 Å². The number of aliphatic hydroxyl groups excluding tert-OH is 1. The molecule has 4 aromatic rings. The molecule has 0 radical (unpaired) electrons. The molecule has 0 fully saturated rings. The number of benzene rings is 3. The van der Waals surface area contributed by atoms with Crippen LogP contribution in [0.2, 0.25) is 0 Å². The van der Waals surface area contributed by atoms with Crippen LogP contribution in [0.4, 0.5) is 13.2 Å². The molecule has 0 amide bonds. The van der Waals surface area contributed by atoms with E-state index in [0.717, 1.165) is 12.1 Å². The molecule has 3 aromatic carbocycles. The number of nitrogens with zero attached hydrogens (tertiary/aromatic N) is 1. The van der Waals surface area contributed by atoms with Crippen LogP contribution in [0.1, 0.15) is 22.9 Å². The van der Waals surface area contributed by atoms with Gasteiger partial charge in [-0.2, -0.15) is 13.2 Å². The van der Waals surface area contributed by atoms with Gasteiger partial charge in [0.2, 0.25) is 5.89 Å². The Morgan fingerprint density at radius 3 is 1.93 bits per heavy atom. The molecule has 1 unspecified atom stereocenters. The molecule has 1 heterocycles. The minimum Gasteiger partial charge on any atom is -0.436 e.